The molecule has 0 amide bonds. The lowest BCUT2D eigenvalue weighted by atomic mass is 10.3. The molecule has 0 atom stereocenters. The minimum atomic E-state index is -3.14. The molecule has 0 saturated heterocycles. The van der Waals surface area contributed by atoms with Crippen molar-refractivity contribution in [2.75, 3.05) is 11.1 Å². The number of nitrogens with two attached hydrogens (primary N) is 1. The predicted octanol–water partition coefficient (Wildman–Crippen LogP) is 4.58. The highest BCUT2D eigenvalue weighted by Gasteiger charge is 2.16. The topological polar surface area (TPSA) is 90.9 Å². The number of fused-ring (bicyclic) bond motifs is 1. The van der Waals surface area contributed by atoms with Gasteiger partial charge in [-0.2, -0.15) is 18.7 Å². The van der Waals surface area contributed by atoms with Crippen LogP contribution < -0.4 is 15.8 Å². The number of hydrogen-bond donors (Lipinski definition) is 2. The van der Waals surface area contributed by atoms with E-state index >= 15 is 0 Å². The van der Waals surface area contributed by atoms with Crippen LogP contribution in [0.3, 0.4) is 0 Å². The molecule has 0 aliphatic heterocycles. The van der Waals surface area contributed by atoms with Crippen molar-refractivity contribution in [1.82, 2.24) is 19.5 Å². The minimum absolute atomic E-state index is 0.0252. The molecule has 0 aliphatic carbocycles. The molecule has 0 fully saturated rings. The summed E-state index contributed by atoms with van der Waals surface area (Å²) in [4.78, 5) is 12.9. The number of aromatic nitrogens is 4. The van der Waals surface area contributed by atoms with Crippen molar-refractivity contribution in [3.8, 4) is 11.6 Å². The fourth-order valence-electron chi connectivity index (χ4n) is 3.11. The van der Waals surface area contributed by atoms with Crippen LogP contribution in [0.25, 0.3) is 16.9 Å². The van der Waals surface area contributed by atoms with E-state index in [0.717, 1.165) is 12.1 Å². The Hall–Kier alpha value is -3.89. The number of nitrogen functional groups attached to an aromatic ring is 1. The average molecular weight is 432 g/mol. The van der Waals surface area contributed by atoms with Gasteiger partial charge in [-0.25, -0.2) is 13.8 Å². The van der Waals surface area contributed by atoms with Gasteiger partial charge in [0.2, 0.25) is 5.95 Å². The monoisotopic (exact) mass is 432 g/mol. The van der Waals surface area contributed by atoms with Gasteiger partial charge < -0.3 is 15.8 Å². The lowest BCUT2D eigenvalue weighted by Gasteiger charge is -2.12. The fourth-order valence-corrected chi connectivity index (χ4v) is 3.11. The van der Waals surface area contributed by atoms with Crippen LogP contribution in [0.2, 0.25) is 0 Å². The summed E-state index contributed by atoms with van der Waals surface area (Å²) in [5.41, 5.74) is 7.19. The zero-order chi connectivity index (χ0) is 22.1. The van der Waals surface area contributed by atoms with Gasteiger partial charge in [0.25, 0.3) is 0 Å². The summed E-state index contributed by atoms with van der Waals surface area (Å²) in [5, 5.41) is 2.77. The van der Waals surface area contributed by atoms with Crippen LogP contribution in [-0.2, 0) is 6.42 Å². The van der Waals surface area contributed by atoms with Crippen molar-refractivity contribution in [2.45, 2.75) is 20.0 Å². The van der Waals surface area contributed by atoms with E-state index in [1.54, 1.807) is 10.6 Å². The number of imidazole rings is 1. The highest BCUT2D eigenvalue weighted by atomic mass is 19.3. The largest absolute Gasteiger partial charge is 0.432 e. The van der Waals surface area contributed by atoms with E-state index in [1.165, 1.54) is 24.3 Å². The highest BCUT2D eigenvalue weighted by Crippen LogP contribution is 2.26. The quantitative estimate of drug-likeness (QED) is 0.434. The number of alkyl halides is 2. The van der Waals surface area contributed by atoms with Crippen LogP contribution in [0.5, 0.6) is 5.75 Å². The number of benzene rings is 2. The fraction of sp³-hybridized carbons (Fsp3) is 0.150. The zero-order valence-corrected chi connectivity index (χ0v) is 16.1. The van der Waals surface area contributed by atoms with Gasteiger partial charge in [0.05, 0.1) is 11.0 Å². The third-order valence-electron chi connectivity index (χ3n) is 4.37. The second-order valence-electron chi connectivity index (χ2n) is 6.47. The van der Waals surface area contributed by atoms with Crippen LogP contribution in [0, 0.1) is 11.6 Å². The second-order valence-corrected chi connectivity index (χ2v) is 6.47. The summed E-state index contributed by atoms with van der Waals surface area (Å²) in [6.07, 6.45) is 0.541. The van der Waals surface area contributed by atoms with Gasteiger partial charge in [0, 0.05) is 30.3 Å². The van der Waals surface area contributed by atoms with Crippen LogP contribution in [0.1, 0.15) is 12.7 Å². The number of nitrogens with one attached hydrogen (secondary N) is 1. The minimum Gasteiger partial charge on any atom is -0.432 e. The van der Waals surface area contributed by atoms with E-state index in [-0.39, 0.29) is 17.5 Å². The van der Waals surface area contributed by atoms with Gasteiger partial charge in [-0.05, 0) is 24.3 Å². The molecule has 0 aliphatic rings. The summed E-state index contributed by atoms with van der Waals surface area (Å²) in [6, 6.07) is 9.06. The Labute approximate surface area is 173 Å². The summed E-state index contributed by atoms with van der Waals surface area (Å²) in [6.45, 7) is -1.25. The molecule has 0 saturated carbocycles. The average Bonchev–Trinajstić information content (AvgIpc) is 3.07. The Balaban J connectivity index is 1.73. The van der Waals surface area contributed by atoms with Crippen molar-refractivity contribution in [3.05, 3.63) is 59.9 Å². The number of halogens is 4. The molecule has 2 aromatic carbocycles. The Morgan fingerprint density at radius 1 is 1.06 bits per heavy atom. The van der Waals surface area contributed by atoms with E-state index in [9.17, 15) is 17.6 Å². The van der Waals surface area contributed by atoms with E-state index in [0.29, 0.717) is 29.1 Å². The van der Waals surface area contributed by atoms with Crippen LogP contribution >= 0.6 is 0 Å². The Morgan fingerprint density at radius 3 is 2.58 bits per heavy atom. The smallest absolute Gasteiger partial charge is 0.387 e. The lowest BCUT2D eigenvalue weighted by molar-refractivity contribution is -0.0521. The van der Waals surface area contributed by atoms with Gasteiger partial charge in [-0.3, -0.25) is 4.57 Å². The molecule has 160 valence electrons. The molecule has 2 aromatic heterocycles. The van der Waals surface area contributed by atoms with Gasteiger partial charge >= 0.3 is 6.61 Å². The first-order valence-corrected chi connectivity index (χ1v) is 9.17. The molecule has 0 radical (unpaired) electrons. The first-order valence-electron chi connectivity index (χ1n) is 9.17. The number of aryl methyl sites for hydroxylation is 1. The highest BCUT2D eigenvalue weighted by molar-refractivity contribution is 5.78. The van der Waals surface area contributed by atoms with Crippen molar-refractivity contribution in [3.63, 3.8) is 0 Å². The summed E-state index contributed by atoms with van der Waals surface area (Å²) >= 11 is 0. The van der Waals surface area contributed by atoms with Crippen LogP contribution in [0.4, 0.5) is 35.0 Å². The first kappa shape index (κ1) is 20.4. The summed E-state index contributed by atoms with van der Waals surface area (Å²) < 4.78 is 58.2. The van der Waals surface area contributed by atoms with Crippen molar-refractivity contribution >= 4 is 28.5 Å². The third kappa shape index (κ3) is 4.20. The Bertz CT molecular complexity index is 1260. The summed E-state index contributed by atoms with van der Waals surface area (Å²) in [5.74, 6) is -0.920. The standard InChI is InChI=1S/C20H16F4N6O/c1-2-17-27-13-5-3-10(21)7-14(13)30(17)18-9-16(25)28-20(29-18)26-11-4-6-15(12(22)8-11)31-19(23)24/h3-9,19H,2H2,1H3,(H3,25,26,28,29). The SMILES string of the molecule is CCc1nc2ccc(F)cc2n1-c1cc(N)nc(Nc2ccc(OC(F)F)c(F)c2)n1. The van der Waals surface area contributed by atoms with Crippen LogP contribution in [0.15, 0.2) is 42.5 Å². The molecule has 4 rings (SSSR count). The van der Waals surface area contributed by atoms with E-state index in [4.69, 9.17) is 5.73 Å². The molecule has 0 bridgehead atoms. The molecule has 0 unspecified atom stereocenters. The van der Waals surface area contributed by atoms with Crippen molar-refractivity contribution in [2.24, 2.45) is 0 Å². The van der Waals surface area contributed by atoms with Crippen molar-refractivity contribution in [1.29, 1.82) is 0 Å². The molecule has 2 heterocycles. The van der Waals surface area contributed by atoms with Gasteiger partial charge in [0.1, 0.15) is 23.3 Å². The molecule has 7 nitrogen and oxygen atoms in total. The lowest BCUT2D eigenvalue weighted by Crippen LogP contribution is -2.08. The van der Waals surface area contributed by atoms with E-state index in [2.05, 4.69) is 25.0 Å². The van der Waals surface area contributed by atoms with Gasteiger partial charge in [0.15, 0.2) is 11.6 Å². The van der Waals surface area contributed by atoms with Crippen molar-refractivity contribution < 1.29 is 22.3 Å². The maximum Gasteiger partial charge on any atom is 0.387 e. The predicted molar refractivity (Wildman–Crippen MR) is 107 cm³/mol. The van der Waals surface area contributed by atoms with Crippen LogP contribution in [-0.4, -0.2) is 26.1 Å². The number of nitrogens with zero attached hydrogens (tertiary/aromatic N) is 4. The molecule has 11 heteroatoms. The number of ether oxygens (including phenoxy) is 1. The first-order chi connectivity index (χ1) is 14.8. The van der Waals surface area contributed by atoms with Gasteiger partial charge in [-0.1, -0.05) is 6.92 Å². The third-order valence-corrected chi connectivity index (χ3v) is 4.37. The molecule has 31 heavy (non-hydrogen) atoms. The Kier molecular flexibility index (Phi) is 5.32. The Morgan fingerprint density at radius 2 is 1.87 bits per heavy atom. The zero-order valence-electron chi connectivity index (χ0n) is 16.1. The molecular formula is C20H16F4N6O. The van der Waals surface area contributed by atoms with E-state index in [1.807, 2.05) is 6.92 Å². The number of anilines is 3. The molecule has 3 N–H and O–H groups in total. The number of hydrogen-bond acceptors (Lipinski definition) is 6. The maximum atomic E-state index is 14.0. The number of rotatable bonds is 6. The van der Waals surface area contributed by atoms with Gasteiger partial charge in [-0.15, -0.1) is 0 Å². The molecule has 4 aromatic rings. The maximum absolute atomic E-state index is 14.0. The molecule has 0 spiro atoms. The second kappa shape index (κ2) is 8.09. The summed E-state index contributed by atoms with van der Waals surface area (Å²) in [7, 11) is 0. The normalized spacial score (nSPS) is 11.3. The van der Waals surface area contributed by atoms with E-state index < -0.39 is 24.0 Å². The molecular weight excluding hydrogens is 416 g/mol.